The number of hydrogen-bond acceptors (Lipinski definition) is 6. The molecule has 0 radical (unpaired) electrons. The van der Waals surface area contributed by atoms with Crippen molar-refractivity contribution in [3.05, 3.63) is 59.7 Å². The highest BCUT2D eigenvalue weighted by Gasteiger charge is 2.21. The maximum Gasteiger partial charge on any atom is 0.324 e. The van der Waals surface area contributed by atoms with Gasteiger partial charge >= 0.3 is 6.01 Å². The quantitative estimate of drug-likeness (QED) is 0.655. The lowest BCUT2D eigenvalue weighted by Gasteiger charge is -2.33. The van der Waals surface area contributed by atoms with E-state index in [0.29, 0.717) is 11.8 Å². The molecule has 1 aliphatic heterocycles. The lowest BCUT2D eigenvalue weighted by atomic mass is 10.1. The minimum atomic E-state index is 0.614. The van der Waals surface area contributed by atoms with E-state index < -0.39 is 0 Å². The lowest BCUT2D eigenvalue weighted by Crippen LogP contribution is -2.47. The van der Waals surface area contributed by atoms with Gasteiger partial charge < -0.3 is 14.2 Å². The molecule has 0 bridgehead atoms. The van der Waals surface area contributed by atoms with Crippen LogP contribution < -0.4 is 9.64 Å². The Bertz CT molecular complexity index is 899. The first-order valence-electron chi connectivity index (χ1n) is 9.72. The first-order chi connectivity index (χ1) is 13.7. The number of aryl methyl sites for hydroxylation is 1. The molecule has 1 fully saturated rings. The minimum Gasteiger partial charge on any atom is -0.497 e. The zero-order chi connectivity index (χ0) is 19.3. The van der Waals surface area contributed by atoms with Crippen molar-refractivity contribution in [1.29, 1.82) is 0 Å². The van der Waals surface area contributed by atoms with Crippen molar-refractivity contribution in [2.45, 2.75) is 13.3 Å². The maximum atomic E-state index is 5.51. The van der Waals surface area contributed by atoms with Crippen LogP contribution in [0.3, 0.4) is 0 Å². The van der Waals surface area contributed by atoms with Crippen molar-refractivity contribution in [3.63, 3.8) is 0 Å². The average molecular weight is 378 g/mol. The third-order valence-corrected chi connectivity index (χ3v) is 5.22. The summed E-state index contributed by atoms with van der Waals surface area (Å²) in [6, 6.07) is 17.1. The Kier molecular flexibility index (Phi) is 5.58. The van der Waals surface area contributed by atoms with Gasteiger partial charge in [0.25, 0.3) is 0 Å². The molecule has 1 aliphatic rings. The monoisotopic (exact) mass is 378 g/mol. The highest BCUT2D eigenvalue weighted by atomic mass is 16.5. The number of ether oxygens (including phenoxy) is 1. The first kappa shape index (κ1) is 18.5. The zero-order valence-electron chi connectivity index (χ0n) is 16.5. The number of nitrogens with zero attached hydrogens (tertiary/aromatic N) is 4. The highest BCUT2D eigenvalue weighted by Crippen LogP contribution is 2.21. The number of hydrogen-bond donors (Lipinski definition) is 0. The number of benzene rings is 2. The van der Waals surface area contributed by atoms with Crippen LogP contribution in [0, 0.1) is 6.92 Å². The molecular formula is C22H26N4O2. The van der Waals surface area contributed by atoms with Gasteiger partial charge in [-0.05, 0) is 31.0 Å². The van der Waals surface area contributed by atoms with Crippen molar-refractivity contribution in [1.82, 2.24) is 15.0 Å². The molecule has 2 heterocycles. The van der Waals surface area contributed by atoms with Crippen molar-refractivity contribution in [3.8, 4) is 17.1 Å². The van der Waals surface area contributed by atoms with E-state index in [2.05, 4.69) is 51.1 Å². The van der Waals surface area contributed by atoms with Crippen LogP contribution in [0.15, 0.2) is 53.1 Å². The van der Waals surface area contributed by atoms with Crippen LogP contribution in [0.5, 0.6) is 5.75 Å². The summed E-state index contributed by atoms with van der Waals surface area (Å²) in [6.45, 7) is 6.89. The largest absolute Gasteiger partial charge is 0.497 e. The van der Waals surface area contributed by atoms with E-state index in [9.17, 15) is 0 Å². The van der Waals surface area contributed by atoms with Gasteiger partial charge in [-0.15, -0.1) is 0 Å². The summed E-state index contributed by atoms with van der Waals surface area (Å²) in [4.78, 5) is 9.24. The number of rotatable bonds is 6. The zero-order valence-corrected chi connectivity index (χ0v) is 16.5. The summed E-state index contributed by atoms with van der Waals surface area (Å²) < 4.78 is 10.8. The molecule has 1 aromatic heterocycles. The molecule has 2 aromatic carbocycles. The summed E-state index contributed by atoms with van der Waals surface area (Å²) >= 11 is 0. The second kappa shape index (κ2) is 8.44. The third-order valence-electron chi connectivity index (χ3n) is 5.22. The Labute approximate surface area is 165 Å². The standard InChI is InChI=1S/C22H26N4O2/c1-17-6-8-19(9-7-17)21-23-22(28-24-21)26-14-12-25(13-15-26)11-10-18-4-3-5-20(16-18)27-2/h3-9,16H,10-15H2,1-2H3. The molecule has 0 saturated carbocycles. The SMILES string of the molecule is COc1cccc(CCN2CCN(c3nc(-c4ccc(C)cc4)no3)CC2)c1. The van der Waals surface area contributed by atoms with Gasteiger partial charge in [0, 0.05) is 38.3 Å². The molecule has 3 aromatic rings. The van der Waals surface area contributed by atoms with Gasteiger partial charge in [0.2, 0.25) is 5.82 Å². The molecule has 146 valence electrons. The molecule has 0 aliphatic carbocycles. The Morgan fingerprint density at radius 1 is 1.04 bits per heavy atom. The van der Waals surface area contributed by atoms with Gasteiger partial charge in [-0.3, -0.25) is 4.90 Å². The van der Waals surface area contributed by atoms with E-state index in [1.807, 2.05) is 24.3 Å². The first-order valence-corrected chi connectivity index (χ1v) is 9.72. The fourth-order valence-corrected chi connectivity index (χ4v) is 3.44. The summed E-state index contributed by atoms with van der Waals surface area (Å²) in [5.74, 6) is 1.57. The molecular weight excluding hydrogens is 352 g/mol. The number of methoxy groups -OCH3 is 1. The van der Waals surface area contributed by atoms with E-state index in [1.165, 1.54) is 11.1 Å². The fraction of sp³-hybridized carbons (Fsp3) is 0.364. The van der Waals surface area contributed by atoms with Gasteiger partial charge in [-0.2, -0.15) is 4.98 Å². The number of piperazine rings is 1. The number of anilines is 1. The fourth-order valence-electron chi connectivity index (χ4n) is 3.44. The molecule has 6 nitrogen and oxygen atoms in total. The molecule has 1 saturated heterocycles. The van der Waals surface area contributed by atoms with Gasteiger partial charge in [0.05, 0.1) is 7.11 Å². The van der Waals surface area contributed by atoms with Crippen molar-refractivity contribution >= 4 is 6.01 Å². The van der Waals surface area contributed by atoms with E-state index in [-0.39, 0.29) is 0 Å². The van der Waals surface area contributed by atoms with Crippen LogP contribution in [0.1, 0.15) is 11.1 Å². The van der Waals surface area contributed by atoms with Crippen LogP contribution >= 0.6 is 0 Å². The molecule has 6 heteroatoms. The summed E-state index contributed by atoms with van der Waals surface area (Å²) in [7, 11) is 1.71. The Hall–Kier alpha value is -2.86. The smallest absolute Gasteiger partial charge is 0.324 e. The average Bonchev–Trinajstić information content (AvgIpc) is 3.23. The van der Waals surface area contributed by atoms with Crippen molar-refractivity contribution < 1.29 is 9.26 Å². The van der Waals surface area contributed by atoms with Crippen LogP contribution in [0.25, 0.3) is 11.4 Å². The second-order valence-electron chi connectivity index (χ2n) is 7.20. The van der Waals surface area contributed by atoms with Crippen LogP contribution in [-0.4, -0.2) is 54.9 Å². The summed E-state index contributed by atoms with van der Waals surface area (Å²) in [5, 5.41) is 4.15. The molecule has 0 N–H and O–H groups in total. The Morgan fingerprint density at radius 2 is 1.82 bits per heavy atom. The molecule has 28 heavy (non-hydrogen) atoms. The predicted molar refractivity (Wildman–Crippen MR) is 110 cm³/mol. The van der Waals surface area contributed by atoms with Crippen molar-refractivity contribution in [2.75, 3.05) is 44.7 Å². The van der Waals surface area contributed by atoms with Gasteiger partial charge in [-0.1, -0.05) is 47.1 Å². The van der Waals surface area contributed by atoms with Gasteiger partial charge in [0.15, 0.2) is 0 Å². The summed E-state index contributed by atoms with van der Waals surface area (Å²) in [6.07, 6.45) is 1.02. The maximum absolute atomic E-state index is 5.51. The lowest BCUT2D eigenvalue weighted by molar-refractivity contribution is 0.253. The molecule has 0 atom stereocenters. The van der Waals surface area contributed by atoms with E-state index >= 15 is 0 Å². The van der Waals surface area contributed by atoms with Crippen LogP contribution in [0.2, 0.25) is 0 Å². The van der Waals surface area contributed by atoms with E-state index in [4.69, 9.17) is 9.26 Å². The van der Waals surface area contributed by atoms with Gasteiger partial charge in [0.1, 0.15) is 5.75 Å². The third kappa shape index (κ3) is 4.34. The van der Waals surface area contributed by atoms with E-state index in [1.54, 1.807) is 7.11 Å². The minimum absolute atomic E-state index is 0.614. The molecule has 0 spiro atoms. The highest BCUT2D eigenvalue weighted by molar-refractivity contribution is 5.56. The Morgan fingerprint density at radius 3 is 2.57 bits per heavy atom. The molecule has 0 amide bonds. The molecule has 0 unspecified atom stereocenters. The summed E-state index contributed by atoms with van der Waals surface area (Å²) in [5.41, 5.74) is 3.51. The van der Waals surface area contributed by atoms with Gasteiger partial charge in [-0.25, -0.2) is 0 Å². The van der Waals surface area contributed by atoms with Crippen molar-refractivity contribution in [2.24, 2.45) is 0 Å². The number of aromatic nitrogens is 2. The van der Waals surface area contributed by atoms with Crippen LogP contribution in [-0.2, 0) is 6.42 Å². The Balaban J connectivity index is 1.30. The topological polar surface area (TPSA) is 54.6 Å². The molecule has 4 rings (SSSR count). The van der Waals surface area contributed by atoms with E-state index in [0.717, 1.165) is 50.5 Å². The second-order valence-corrected chi connectivity index (χ2v) is 7.20. The predicted octanol–water partition coefficient (Wildman–Crippen LogP) is 3.42. The van der Waals surface area contributed by atoms with Crippen LogP contribution in [0.4, 0.5) is 6.01 Å². The normalized spacial score (nSPS) is 15.0.